The molecule has 0 bridgehead atoms. The molecule has 0 fully saturated rings. The van der Waals surface area contributed by atoms with Crippen molar-refractivity contribution in [3.63, 3.8) is 0 Å². The number of carbonyl (C=O) groups excluding carboxylic acids is 1. The number of aromatic nitrogens is 2. The Bertz CT molecular complexity index is 1120. The van der Waals surface area contributed by atoms with Crippen LogP contribution in [0.5, 0.6) is 0 Å². The molecule has 1 heterocycles. The summed E-state index contributed by atoms with van der Waals surface area (Å²) in [6.07, 6.45) is 0.436. The molecule has 2 atom stereocenters. The molecule has 0 spiro atoms. The minimum Gasteiger partial charge on any atom is -0.461 e. The third-order valence-electron chi connectivity index (χ3n) is 5.25. The molecule has 2 aromatic carbocycles. The molecule has 3 aromatic rings. The maximum absolute atomic E-state index is 13.8. The van der Waals surface area contributed by atoms with Gasteiger partial charge in [0.15, 0.2) is 10.4 Å². The molecule has 1 aromatic heterocycles. The summed E-state index contributed by atoms with van der Waals surface area (Å²) >= 11 is 15.7. The molecule has 0 saturated carbocycles. The summed E-state index contributed by atoms with van der Waals surface area (Å²) in [5, 5.41) is 0.630. The van der Waals surface area contributed by atoms with Gasteiger partial charge in [-0.25, -0.2) is 14.2 Å². The van der Waals surface area contributed by atoms with E-state index < -0.39 is 11.8 Å². The Labute approximate surface area is 210 Å². The van der Waals surface area contributed by atoms with Crippen LogP contribution in [0.15, 0.2) is 47.2 Å². The number of imidazole rings is 1. The summed E-state index contributed by atoms with van der Waals surface area (Å²) in [4.78, 5) is 17.4. The third-order valence-corrected chi connectivity index (χ3v) is 6.35. The van der Waals surface area contributed by atoms with Crippen molar-refractivity contribution in [1.82, 2.24) is 9.55 Å². The maximum Gasteiger partial charge on any atom is 0.358 e. The predicted octanol–water partition coefficient (Wildman–Crippen LogP) is 6.85. The first-order valence-corrected chi connectivity index (χ1v) is 11.9. The molecule has 5 nitrogen and oxygen atoms in total. The molecule has 0 N–H and O–H groups in total. The first-order valence-electron chi connectivity index (χ1n) is 10.4. The molecule has 0 amide bonds. The van der Waals surface area contributed by atoms with Crippen LogP contribution in [0.1, 0.15) is 53.1 Å². The number of carbonyl (C=O) groups is 1. The number of halogens is 4. The van der Waals surface area contributed by atoms with Crippen LogP contribution in [-0.4, -0.2) is 35.8 Å². The van der Waals surface area contributed by atoms with Gasteiger partial charge >= 0.3 is 5.97 Å². The smallest absolute Gasteiger partial charge is 0.358 e. The Hall–Kier alpha value is -1.93. The summed E-state index contributed by atoms with van der Waals surface area (Å²) in [6, 6.07) is 11.9. The van der Waals surface area contributed by atoms with Crippen LogP contribution >= 0.6 is 39.1 Å². The topological polar surface area (TPSA) is 53.3 Å². The van der Waals surface area contributed by atoms with Crippen LogP contribution < -0.4 is 0 Å². The quantitative estimate of drug-likeness (QED) is 0.270. The van der Waals surface area contributed by atoms with Crippen molar-refractivity contribution in [2.75, 3.05) is 20.3 Å². The molecule has 0 aliphatic heterocycles. The van der Waals surface area contributed by atoms with Crippen molar-refractivity contribution in [3.8, 4) is 0 Å². The lowest BCUT2D eigenvalue weighted by atomic mass is 9.87. The van der Waals surface area contributed by atoms with Gasteiger partial charge < -0.3 is 14.0 Å². The van der Waals surface area contributed by atoms with Gasteiger partial charge in [-0.05, 0) is 71.6 Å². The second-order valence-electron chi connectivity index (χ2n) is 7.57. The lowest BCUT2D eigenvalue weighted by molar-refractivity contribution is 0.0517. The lowest BCUT2D eigenvalue weighted by Gasteiger charge is -2.25. The van der Waals surface area contributed by atoms with E-state index >= 15 is 0 Å². The molecule has 0 radical (unpaired) electrons. The molecule has 0 aliphatic carbocycles. The van der Waals surface area contributed by atoms with Crippen LogP contribution in [0.4, 0.5) is 4.39 Å². The zero-order chi connectivity index (χ0) is 24.1. The van der Waals surface area contributed by atoms with Gasteiger partial charge in [-0.15, -0.1) is 0 Å². The number of esters is 1. The fraction of sp³-hybridized carbons (Fsp3) is 0.333. The number of nitrogens with zero attached hydrogens (tertiary/aromatic N) is 2. The standard InChI is InChI=1S/C24H24BrCl2FN2O3/c1-4-33-23(31)21-22(30(24(25)29-21)14(2)13-32-3)18(16-6-8-17(26)9-7-16)11-15-5-10-20(28)19(27)12-15/h5-10,12,14,18H,4,11,13H2,1-3H3/t14-,18?/m1/s1. The second kappa shape index (κ2) is 11.5. The second-order valence-corrected chi connectivity index (χ2v) is 9.12. The highest BCUT2D eigenvalue weighted by Gasteiger charge is 2.31. The van der Waals surface area contributed by atoms with Crippen molar-refractivity contribution in [2.45, 2.75) is 32.2 Å². The highest BCUT2D eigenvalue weighted by atomic mass is 79.9. The van der Waals surface area contributed by atoms with E-state index in [1.807, 2.05) is 23.6 Å². The highest BCUT2D eigenvalue weighted by Crippen LogP contribution is 2.36. The van der Waals surface area contributed by atoms with Crippen molar-refractivity contribution in [1.29, 1.82) is 0 Å². The van der Waals surface area contributed by atoms with E-state index in [2.05, 4.69) is 20.9 Å². The van der Waals surface area contributed by atoms with E-state index in [0.29, 0.717) is 28.5 Å². The minimum absolute atomic E-state index is 0.0374. The normalized spacial score (nSPS) is 13.1. The van der Waals surface area contributed by atoms with E-state index in [1.165, 1.54) is 6.07 Å². The number of methoxy groups -OCH3 is 1. The van der Waals surface area contributed by atoms with E-state index in [1.54, 1.807) is 38.3 Å². The third kappa shape index (κ3) is 5.96. The molecule has 9 heteroatoms. The van der Waals surface area contributed by atoms with E-state index in [0.717, 1.165) is 11.1 Å². The minimum atomic E-state index is -0.521. The number of hydrogen-bond donors (Lipinski definition) is 0. The Morgan fingerprint density at radius 1 is 1.21 bits per heavy atom. The number of ether oxygens (including phenoxy) is 2. The molecular weight excluding hydrogens is 534 g/mol. The Morgan fingerprint density at radius 2 is 1.91 bits per heavy atom. The van der Waals surface area contributed by atoms with Crippen LogP contribution in [0.3, 0.4) is 0 Å². The first-order chi connectivity index (χ1) is 15.8. The lowest BCUT2D eigenvalue weighted by Crippen LogP contribution is -2.21. The Balaban J connectivity index is 2.23. The molecule has 0 aliphatic rings. The number of hydrogen-bond acceptors (Lipinski definition) is 4. The number of rotatable bonds is 9. The van der Waals surface area contributed by atoms with Crippen molar-refractivity contribution >= 4 is 45.1 Å². The molecule has 0 saturated heterocycles. The van der Waals surface area contributed by atoms with Gasteiger partial charge in [-0.1, -0.05) is 41.4 Å². The molecular formula is C24H24BrCl2FN2O3. The van der Waals surface area contributed by atoms with Crippen molar-refractivity contribution < 1.29 is 18.7 Å². The Morgan fingerprint density at radius 3 is 2.52 bits per heavy atom. The van der Waals surface area contributed by atoms with Gasteiger partial charge in [0.25, 0.3) is 0 Å². The highest BCUT2D eigenvalue weighted by molar-refractivity contribution is 9.10. The van der Waals surface area contributed by atoms with Crippen molar-refractivity contribution in [3.05, 3.63) is 85.6 Å². The molecule has 1 unspecified atom stereocenters. The summed E-state index contributed by atoms with van der Waals surface area (Å²) in [7, 11) is 1.62. The van der Waals surface area contributed by atoms with Gasteiger partial charge in [0.05, 0.1) is 30.0 Å². The van der Waals surface area contributed by atoms with Gasteiger partial charge in [0.2, 0.25) is 0 Å². The Kier molecular flexibility index (Phi) is 8.93. The van der Waals surface area contributed by atoms with E-state index in [-0.39, 0.29) is 29.3 Å². The van der Waals surface area contributed by atoms with E-state index in [4.69, 9.17) is 32.7 Å². The molecule has 176 valence electrons. The molecule has 3 rings (SSSR count). The summed E-state index contributed by atoms with van der Waals surface area (Å²) in [6.45, 7) is 4.34. The summed E-state index contributed by atoms with van der Waals surface area (Å²) in [5.41, 5.74) is 2.58. The van der Waals surface area contributed by atoms with Gasteiger partial charge in [0, 0.05) is 18.1 Å². The van der Waals surface area contributed by atoms with Crippen molar-refractivity contribution in [2.24, 2.45) is 0 Å². The zero-order valence-corrected chi connectivity index (χ0v) is 21.5. The maximum atomic E-state index is 13.8. The zero-order valence-electron chi connectivity index (χ0n) is 18.4. The fourth-order valence-electron chi connectivity index (χ4n) is 3.80. The first kappa shape index (κ1) is 25.7. The van der Waals surface area contributed by atoms with Crippen LogP contribution in [0.25, 0.3) is 0 Å². The van der Waals surface area contributed by atoms with E-state index in [9.17, 15) is 9.18 Å². The van der Waals surface area contributed by atoms with Gasteiger partial charge in [-0.3, -0.25) is 0 Å². The fourth-order valence-corrected chi connectivity index (χ4v) is 4.85. The average Bonchev–Trinajstić information content (AvgIpc) is 3.12. The average molecular weight is 558 g/mol. The summed E-state index contributed by atoms with van der Waals surface area (Å²) < 4.78 is 26.9. The monoisotopic (exact) mass is 556 g/mol. The molecule has 33 heavy (non-hydrogen) atoms. The summed E-state index contributed by atoms with van der Waals surface area (Å²) in [5.74, 6) is -1.34. The van der Waals surface area contributed by atoms with Crippen LogP contribution in [0.2, 0.25) is 10.0 Å². The van der Waals surface area contributed by atoms with Crippen LogP contribution in [-0.2, 0) is 15.9 Å². The van der Waals surface area contributed by atoms with Gasteiger partial charge in [-0.2, -0.15) is 0 Å². The number of benzene rings is 2. The van der Waals surface area contributed by atoms with Crippen LogP contribution in [0, 0.1) is 5.82 Å². The SMILES string of the molecule is CCOC(=O)c1nc(Br)n([C@H](C)COC)c1C(Cc1ccc(F)c(Cl)c1)c1ccc(Cl)cc1. The predicted molar refractivity (Wildman–Crippen MR) is 131 cm³/mol. The largest absolute Gasteiger partial charge is 0.461 e. The van der Waals surface area contributed by atoms with Gasteiger partial charge in [0.1, 0.15) is 5.82 Å².